The number of aliphatic carboxylic acids is 1. The lowest BCUT2D eigenvalue weighted by molar-refractivity contribution is -0.141. The van der Waals surface area contributed by atoms with Crippen LogP contribution in [-0.4, -0.2) is 76.9 Å². The normalized spacial score (nSPS) is 17.7. The van der Waals surface area contributed by atoms with E-state index in [0.29, 0.717) is 13.1 Å². The van der Waals surface area contributed by atoms with Crippen molar-refractivity contribution in [2.45, 2.75) is 78.0 Å². The van der Waals surface area contributed by atoms with Crippen molar-refractivity contribution < 1.29 is 19.4 Å². The highest BCUT2D eigenvalue weighted by Crippen LogP contribution is 2.28. The lowest BCUT2D eigenvalue weighted by Crippen LogP contribution is -2.72. The lowest BCUT2D eigenvalue weighted by Gasteiger charge is -2.51. The Labute approximate surface area is 158 Å². The minimum absolute atomic E-state index is 0.00663. The van der Waals surface area contributed by atoms with Gasteiger partial charge in [-0.1, -0.05) is 13.8 Å². The van der Waals surface area contributed by atoms with Crippen LogP contribution in [0.2, 0.25) is 0 Å². The first kappa shape index (κ1) is 22.7. The molecule has 26 heavy (non-hydrogen) atoms. The molecule has 2 N–H and O–H groups in total. The molecule has 7 nitrogen and oxygen atoms in total. The maximum absolute atomic E-state index is 12.1. The van der Waals surface area contributed by atoms with E-state index < -0.39 is 17.1 Å². The highest BCUT2D eigenvalue weighted by molar-refractivity contribution is 5.73. The van der Waals surface area contributed by atoms with Crippen molar-refractivity contribution in [3.05, 3.63) is 0 Å². The number of hydrogen-bond donors (Lipinski definition) is 2. The van der Waals surface area contributed by atoms with Gasteiger partial charge in [-0.2, -0.15) is 0 Å². The average molecular weight is 372 g/mol. The highest BCUT2D eigenvalue weighted by atomic mass is 16.6. The third-order valence-corrected chi connectivity index (χ3v) is 4.69. The van der Waals surface area contributed by atoms with Gasteiger partial charge in [0.1, 0.15) is 5.60 Å². The fourth-order valence-electron chi connectivity index (χ4n) is 3.44. The van der Waals surface area contributed by atoms with Crippen molar-refractivity contribution in [2.24, 2.45) is 0 Å². The summed E-state index contributed by atoms with van der Waals surface area (Å²) in [6, 6.07) is 0.200. The molecule has 7 heteroatoms. The van der Waals surface area contributed by atoms with E-state index >= 15 is 0 Å². The summed E-state index contributed by atoms with van der Waals surface area (Å²) >= 11 is 0. The Morgan fingerprint density at radius 3 is 2.31 bits per heavy atom. The molecule has 0 aromatic carbocycles. The van der Waals surface area contributed by atoms with Crippen molar-refractivity contribution >= 4 is 12.1 Å². The van der Waals surface area contributed by atoms with Crippen LogP contribution < -0.4 is 5.32 Å². The van der Waals surface area contributed by atoms with Gasteiger partial charge in [-0.3, -0.25) is 4.79 Å². The molecule has 1 unspecified atom stereocenters. The number of nitrogens with zero attached hydrogens (tertiary/aromatic N) is 2. The van der Waals surface area contributed by atoms with E-state index in [-0.39, 0.29) is 18.6 Å². The summed E-state index contributed by atoms with van der Waals surface area (Å²) < 4.78 is 5.37. The fraction of sp³-hybridized carbons (Fsp3) is 0.895. The van der Waals surface area contributed by atoms with Gasteiger partial charge >= 0.3 is 12.1 Å². The molecular formula is C19H37N3O4. The first-order valence-corrected chi connectivity index (χ1v) is 9.70. The third kappa shape index (κ3) is 7.50. The van der Waals surface area contributed by atoms with Crippen LogP contribution in [0.5, 0.6) is 0 Å². The molecule has 0 aromatic heterocycles. The number of nitrogens with one attached hydrogen (secondary N) is 1. The molecule has 0 radical (unpaired) electrons. The van der Waals surface area contributed by atoms with Gasteiger partial charge in [-0.25, -0.2) is 4.79 Å². The molecule has 1 fully saturated rings. The van der Waals surface area contributed by atoms with E-state index in [2.05, 4.69) is 31.0 Å². The van der Waals surface area contributed by atoms with Crippen molar-refractivity contribution in [2.75, 3.05) is 32.7 Å². The van der Waals surface area contributed by atoms with Gasteiger partial charge in [0, 0.05) is 19.1 Å². The van der Waals surface area contributed by atoms with Crippen LogP contribution in [0.25, 0.3) is 0 Å². The summed E-state index contributed by atoms with van der Waals surface area (Å²) in [4.78, 5) is 27.4. The van der Waals surface area contributed by atoms with Gasteiger partial charge in [0.15, 0.2) is 0 Å². The maximum Gasteiger partial charge on any atom is 0.410 e. The number of ether oxygens (including phenoxy) is 1. The standard InChI is InChI=1S/C19H37N3O4/c1-7-21(8-2)11-9-10-15(3)20-19(12-16(23)24)13-22(14-19)17(25)26-18(4,5)6/h15,20H,7-14H2,1-6H3,(H,23,24). The van der Waals surface area contributed by atoms with E-state index in [1.54, 1.807) is 4.90 Å². The molecule has 1 rings (SSSR count). The number of hydrogen-bond acceptors (Lipinski definition) is 5. The Kier molecular flexibility index (Phi) is 8.34. The van der Waals surface area contributed by atoms with Gasteiger partial charge in [-0.15, -0.1) is 0 Å². The second-order valence-electron chi connectivity index (χ2n) is 8.40. The van der Waals surface area contributed by atoms with Gasteiger partial charge in [0.05, 0.1) is 12.0 Å². The lowest BCUT2D eigenvalue weighted by atomic mass is 9.85. The number of rotatable bonds is 10. The molecule has 0 aliphatic carbocycles. The average Bonchev–Trinajstić information content (AvgIpc) is 2.46. The zero-order valence-corrected chi connectivity index (χ0v) is 17.3. The quantitative estimate of drug-likeness (QED) is 0.614. The number of carbonyl (C=O) groups excluding carboxylic acids is 1. The molecule has 152 valence electrons. The SMILES string of the molecule is CCN(CC)CCCC(C)NC1(CC(=O)O)CN(C(=O)OC(C)(C)C)C1. The molecule has 1 aliphatic heterocycles. The van der Waals surface area contributed by atoms with E-state index in [1.165, 1.54) is 0 Å². The van der Waals surface area contributed by atoms with Crippen molar-refractivity contribution in [3.8, 4) is 0 Å². The Hall–Kier alpha value is -1.34. The molecule has 1 atom stereocenters. The summed E-state index contributed by atoms with van der Waals surface area (Å²) in [5.74, 6) is -0.850. The van der Waals surface area contributed by atoms with Gasteiger partial charge < -0.3 is 25.0 Å². The maximum atomic E-state index is 12.1. The van der Waals surface area contributed by atoms with Crippen LogP contribution in [-0.2, 0) is 9.53 Å². The molecule has 1 amide bonds. The summed E-state index contributed by atoms with van der Waals surface area (Å²) in [5.41, 5.74) is -1.11. The van der Waals surface area contributed by atoms with Crippen LogP contribution in [0.4, 0.5) is 4.79 Å². The Morgan fingerprint density at radius 1 is 1.27 bits per heavy atom. The molecular weight excluding hydrogens is 334 g/mol. The zero-order chi connectivity index (χ0) is 20.0. The number of likely N-dealkylation sites (tertiary alicyclic amines) is 1. The molecule has 1 heterocycles. The largest absolute Gasteiger partial charge is 0.481 e. The molecule has 1 saturated heterocycles. The van der Waals surface area contributed by atoms with Crippen LogP contribution in [0.15, 0.2) is 0 Å². The van der Waals surface area contributed by atoms with E-state index in [1.807, 2.05) is 20.8 Å². The summed E-state index contributed by atoms with van der Waals surface area (Å²) in [7, 11) is 0. The van der Waals surface area contributed by atoms with E-state index in [4.69, 9.17) is 4.74 Å². The number of carbonyl (C=O) groups is 2. The van der Waals surface area contributed by atoms with Crippen LogP contribution in [0, 0.1) is 0 Å². The van der Waals surface area contributed by atoms with Crippen LogP contribution in [0.1, 0.15) is 60.8 Å². The topological polar surface area (TPSA) is 82.1 Å². The predicted molar refractivity (Wildman–Crippen MR) is 102 cm³/mol. The zero-order valence-electron chi connectivity index (χ0n) is 17.3. The van der Waals surface area contributed by atoms with Crippen molar-refractivity contribution in [1.29, 1.82) is 0 Å². The van der Waals surface area contributed by atoms with Gasteiger partial charge in [-0.05, 0) is 60.2 Å². The van der Waals surface area contributed by atoms with Gasteiger partial charge in [0.2, 0.25) is 0 Å². The van der Waals surface area contributed by atoms with E-state index in [0.717, 1.165) is 32.5 Å². The number of carboxylic acids is 1. The molecule has 1 aliphatic rings. The smallest absolute Gasteiger partial charge is 0.410 e. The summed E-state index contributed by atoms with van der Waals surface area (Å²) in [6.45, 7) is 15.8. The molecule has 0 saturated carbocycles. The summed E-state index contributed by atoms with van der Waals surface area (Å²) in [6.07, 6.45) is 1.67. The van der Waals surface area contributed by atoms with E-state index in [9.17, 15) is 14.7 Å². The van der Waals surface area contributed by atoms with Crippen molar-refractivity contribution in [3.63, 3.8) is 0 Å². The Morgan fingerprint density at radius 2 is 1.85 bits per heavy atom. The van der Waals surface area contributed by atoms with Crippen LogP contribution >= 0.6 is 0 Å². The minimum Gasteiger partial charge on any atom is -0.481 e. The van der Waals surface area contributed by atoms with Gasteiger partial charge in [0.25, 0.3) is 0 Å². The number of carboxylic acid groups (broad SMARTS) is 1. The first-order chi connectivity index (χ1) is 12.0. The molecule has 0 aromatic rings. The summed E-state index contributed by atoms with van der Waals surface area (Å²) in [5, 5.41) is 12.7. The predicted octanol–water partition coefficient (Wildman–Crippen LogP) is 2.55. The molecule has 0 spiro atoms. The van der Waals surface area contributed by atoms with Crippen molar-refractivity contribution in [1.82, 2.24) is 15.1 Å². The Balaban J connectivity index is 2.52. The fourth-order valence-corrected chi connectivity index (χ4v) is 3.44. The minimum atomic E-state index is -0.850. The second-order valence-corrected chi connectivity index (χ2v) is 8.40. The number of amides is 1. The molecule has 0 bridgehead atoms. The second kappa shape index (κ2) is 9.55. The highest BCUT2D eigenvalue weighted by Gasteiger charge is 2.48. The first-order valence-electron chi connectivity index (χ1n) is 9.70. The third-order valence-electron chi connectivity index (χ3n) is 4.69. The Bertz CT molecular complexity index is 466. The monoisotopic (exact) mass is 371 g/mol. The van der Waals surface area contributed by atoms with Crippen LogP contribution in [0.3, 0.4) is 0 Å².